The number of sulfonamides is 1. The second-order valence-electron chi connectivity index (χ2n) is 6.00. The number of hydrogen-bond acceptors (Lipinski definition) is 5. The van der Waals surface area contributed by atoms with E-state index in [1.807, 2.05) is 24.3 Å². The number of amides is 1. The van der Waals surface area contributed by atoms with Crippen molar-refractivity contribution in [2.45, 2.75) is 4.90 Å². The minimum absolute atomic E-state index is 0.196. The number of ether oxygens (including phenoxy) is 2. The van der Waals surface area contributed by atoms with Crippen molar-refractivity contribution in [2.75, 3.05) is 34.4 Å². The van der Waals surface area contributed by atoms with Crippen molar-refractivity contribution in [3.05, 3.63) is 60.2 Å². The minimum atomic E-state index is -3.46. The zero-order valence-corrected chi connectivity index (χ0v) is 16.9. The van der Waals surface area contributed by atoms with E-state index < -0.39 is 10.0 Å². The molecule has 0 heterocycles. The van der Waals surface area contributed by atoms with Gasteiger partial charge in [0, 0.05) is 20.2 Å². The summed E-state index contributed by atoms with van der Waals surface area (Å²) in [5.41, 5.74) is 0.889. The highest BCUT2D eigenvalue weighted by Gasteiger charge is 2.16. The van der Waals surface area contributed by atoms with Crippen LogP contribution in [0, 0.1) is 0 Å². The maximum atomic E-state index is 12.0. The Balaban J connectivity index is 1.76. The predicted molar refractivity (Wildman–Crippen MR) is 108 cm³/mol. The number of hydrogen-bond donors (Lipinski definition) is 1. The van der Waals surface area contributed by atoms with Gasteiger partial charge < -0.3 is 14.8 Å². The smallest absolute Gasteiger partial charge is 0.244 e. The van der Waals surface area contributed by atoms with Crippen LogP contribution in [-0.2, 0) is 14.8 Å². The predicted octanol–water partition coefficient (Wildman–Crippen LogP) is 2.15. The summed E-state index contributed by atoms with van der Waals surface area (Å²) in [5.74, 6) is 1.05. The molecule has 0 spiro atoms. The maximum Gasteiger partial charge on any atom is 0.244 e. The normalized spacial score (nSPS) is 11.6. The Labute approximate surface area is 165 Å². The van der Waals surface area contributed by atoms with Crippen molar-refractivity contribution < 1.29 is 22.7 Å². The third-order valence-electron chi connectivity index (χ3n) is 3.82. The summed E-state index contributed by atoms with van der Waals surface area (Å²) in [6, 6.07) is 13.5. The molecule has 0 aliphatic rings. The molecule has 0 unspecified atom stereocenters. The lowest BCUT2D eigenvalue weighted by Gasteiger charge is -2.12. The van der Waals surface area contributed by atoms with E-state index >= 15 is 0 Å². The highest BCUT2D eigenvalue weighted by Crippen LogP contribution is 2.18. The molecular formula is C20H24N2O5S. The molecule has 1 N–H and O–H groups in total. The molecule has 0 fully saturated rings. The molecule has 0 atom stereocenters. The first-order chi connectivity index (χ1) is 13.3. The quantitative estimate of drug-likeness (QED) is 0.511. The molecule has 8 heteroatoms. The number of nitrogens with one attached hydrogen (secondary N) is 1. The van der Waals surface area contributed by atoms with Crippen LogP contribution in [0.15, 0.2) is 59.5 Å². The van der Waals surface area contributed by atoms with Crippen LogP contribution in [0.5, 0.6) is 11.5 Å². The number of nitrogens with zero attached hydrogens (tertiary/aromatic N) is 1. The molecule has 2 aromatic carbocycles. The van der Waals surface area contributed by atoms with Gasteiger partial charge in [0.2, 0.25) is 15.9 Å². The Morgan fingerprint density at radius 3 is 2.21 bits per heavy atom. The third kappa shape index (κ3) is 6.11. The molecule has 0 radical (unpaired) electrons. The standard InChI is InChI=1S/C20H24N2O5S/c1-22(2)28(24,25)19-11-9-18(10-12-19)27-15-14-21-20(23)13-6-16-4-7-17(26-3)8-5-16/h4-13H,14-15H2,1-3H3,(H,21,23)/b13-6+. The fourth-order valence-corrected chi connectivity index (χ4v) is 3.11. The lowest BCUT2D eigenvalue weighted by Crippen LogP contribution is -2.26. The van der Waals surface area contributed by atoms with Gasteiger partial charge in [-0.25, -0.2) is 12.7 Å². The number of carbonyl (C=O) groups excluding carboxylic acids is 1. The van der Waals surface area contributed by atoms with Crippen molar-refractivity contribution in [3.63, 3.8) is 0 Å². The average molecular weight is 404 g/mol. The second-order valence-corrected chi connectivity index (χ2v) is 8.16. The van der Waals surface area contributed by atoms with E-state index in [0.29, 0.717) is 12.3 Å². The Morgan fingerprint density at radius 1 is 1.04 bits per heavy atom. The fourth-order valence-electron chi connectivity index (χ4n) is 2.21. The summed E-state index contributed by atoms with van der Waals surface area (Å²) in [5, 5.41) is 2.72. The zero-order valence-electron chi connectivity index (χ0n) is 16.1. The van der Waals surface area contributed by atoms with Gasteiger partial charge in [-0.3, -0.25) is 4.79 Å². The van der Waals surface area contributed by atoms with Crippen molar-refractivity contribution in [1.29, 1.82) is 0 Å². The van der Waals surface area contributed by atoms with E-state index in [0.717, 1.165) is 15.6 Å². The van der Waals surface area contributed by atoms with Crippen molar-refractivity contribution >= 4 is 22.0 Å². The molecule has 0 saturated heterocycles. The van der Waals surface area contributed by atoms with Gasteiger partial charge >= 0.3 is 0 Å². The van der Waals surface area contributed by atoms with E-state index in [-0.39, 0.29) is 17.4 Å². The second kappa shape index (κ2) is 9.91. The van der Waals surface area contributed by atoms with E-state index in [1.54, 1.807) is 25.3 Å². The summed E-state index contributed by atoms with van der Waals surface area (Å²) in [4.78, 5) is 12.0. The lowest BCUT2D eigenvalue weighted by atomic mass is 10.2. The Kier molecular flexibility index (Phi) is 7.60. The summed E-state index contributed by atoms with van der Waals surface area (Å²) in [7, 11) is 1.10. The SMILES string of the molecule is COc1ccc(/C=C/C(=O)NCCOc2ccc(S(=O)(=O)N(C)C)cc2)cc1. The summed E-state index contributed by atoms with van der Waals surface area (Å²) in [6.07, 6.45) is 3.16. The van der Waals surface area contributed by atoms with E-state index in [9.17, 15) is 13.2 Å². The molecule has 0 aliphatic heterocycles. The first kappa shape index (κ1) is 21.5. The average Bonchev–Trinajstić information content (AvgIpc) is 2.70. The van der Waals surface area contributed by atoms with Crippen molar-refractivity contribution in [1.82, 2.24) is 9.62 Å². The van der Waals surface area contributed by atoms with Crippen molar-refractivity contribution in [3.8, 4) is 11.5 Å². The molecule has 0 aliphatic carbocycles. The van der Waals surface area contributed by atoms with E-state index in [2.05, 4.69) is 5.32 Å². The largest absolute Gasteiger partial charge is 0.497 e. The Bertz CT molecular complexity index is 905. The van der Waals surface area contributed by atoms with Crippen LogP contribution in [0.25, 0.3) is 6.08 Å². The van der Waals surface area contributed by atoms with E-state index in [4.69, 9.17) is 9.47 Å². The highest BCUT2D eigenvalue weighted by atomic mass is 32.2. The van der Waals surface area contributed by atoms with Gasteiger partial charge in [0.05, 0.1) is 18.6 Å². The van der Waals surface area contributed by atoms with Gasteiger partial charge in [0.15, 0.2) is 0 Å². The maximum absolute atomic E-state index is 12.0. The van der Waals surface area contributed by atoms with Gasteiger partial charge in [-0.05, 0) is 48.0 Å². The van der Waals surface area contributed by atoms with Crippen LogP contribution in [0.4, 0.5) is 0 Å². The first-order valence-electron chi connectivity index (χ1n) is 8.58. The summed E-state index contributed by atoms with van der Waals surface area (Å²) >= 11 is 0. The molecular weight excluding hydrogens is 380 g/mol. The zero-order chi connectivity index (χ0) is 20.6. The van der Waals surface area contributed by atoms with Crippen LogP contribution in [-0.4, -0.2) is 53.0 Å². The van der Waals surface area contributed by atoms with Crippen molar-refractivity contribution in [2.24, 2.45) is 0 Å². The molecule has 1 amide bonds. The Morgan fingerprint density at radius 2 is 1.64 bits per heavy atom. The molecule has 7 nitrogen and oxygen atoms in total. The molecule has 0 bridgehead atoms. The molecule has 2 rings (SSSR count). The van der Waals surface area contributed by atoms with Crippen LogP contribution in [0.1, 0.15) is 5.56 Å². The molecule has 2 aromatic rings. The van der Waals surface area contributed by atoms with Gasteiger partial charge in [0.1, 0.15) is 18.1 Å². The third-order valence-corrected chi connectivity index (χ3v) is 5.64. The Hall–Kier alpha value is -2.84. The van der Waals surface area contributed by atoms with Crippen LogP contribution in [0.3, 0.4) is 0 Å². The monoisotopic (exact) mass is 404 g/mol. The number of benzene rings is 2. The van der Waals surface area contributed by atoms with Gasteiger partial charge in [0.25, 0.3) is 0 Å². The molecule has 0 saturated carbocycles. The summed E-state index contributed by atoms with van der Waals surface area (Å²) in [6.45, 7) is 0.589. The molecule has 28 heavy (non-hydrogen) atoms. The highest BCUT2D eigenvalue weighted by molar-refractivity contribution is 7.89. The van der Waals surface area contributed by atoms with Crippen LogP contribution >= 0.6 is 0 Å². The van der Waals surface area contributed by atoms with Gasteiger partial charge in [-0.1, -0.05) is 12.1 Å². The van der Waals surface area contributed by atoms with Gasteiger partial charge in [-0.15, -0.1) is 0 Å². The topological polar surface area (TPSA) is 84.9 Å². The van der Waals surface area contributed by atoms with Crippen LogP contribution < -0.4 is 14.8 Å². The summed E-state index contributed by atoms with van der Waals surface area (Å²) < 4.78 is 35.7. The lowest BCUT2D eigenvalue weighted by molar-refractivity contribution is -0.116. The first-order valence-corrected chi connectivity index (χ1v) is 10.0. The van der Waals surface area contributed by atoms with Crippen LogP contribution in [0.2, 0.25) is 0 Å². The van der Waals surface area contributed by atoms with E-state index in [1.165, 1.54) is 32.3 Å². The number of methoxy groups -OCH3 is 1. The minimum Gasteiger partial charge on any atom is -0.497 e. The number of carbonyl (C=O) groups is 1. The molecule has 150 valence electrons. The fraction of sp³-hybridized carbons (Fsp3) is 0.250. The molecule has 0 aromatic heterocycles. The number of rotatable bonds is 9. The van der Waals surface area contributed by atoms with Gasteiger partial charge in [-0.2, -0.15) is 0 Å².